The second-order valence-electron chi connectivity index (χ2n) is 8.68. The summed E-state index contributed by atoms with van der Waals surface area (Å²) < 4.78 is 11.7. The topological polar surface area (TPSA) is 51.1 Å². The van der Waals surface area contributed by atoms with Crippen molar-refractivity contribution in [3.63, 3.8) is 0 Å². The van der Waals surface area contributed by atoms with E-state index in [9.17, 15) is 4.79 Å². The first-order chi connectivity index (χ1) is 16.2. The van der Waals surface area contributed by atoms with Crippen LogP contribution < -0.4 is 14.5 Å². The zero-order valence-corrected chi connectivity index (χ0v) is 18.9. The lowest BCUT2D eigenvalue weighted by molar-refractivity contribution is -0.125. The predicted octanol–water partition coefficient (Wildman–Crippen LogP) is 5.98. The van der Waals surface area contributed by atoms with Crippen molar-refractivity contribution in [2.75, 3.05) is 12.1 Å². The van der Waals surface area contributed by atoms with E-state index in [1.54, 1.807) is 12.1 Å². The van der Waals surface area contributed by atoms with Gasteiger partial charge in [0.05, 0.1) is 23.9 Å². The Kier molecular flexibility index (Phi) is 5.86. The van der Waals surface area contributed by atoms with Crippen molar-refractivity contribution in [2.24, 2.45) is 10.5 Å². The monoisotopic (exact) mass is 440 g/mol. The lowest BCUT2D eigenvalue weighted by atomic mass is 9.69. The van der Waals surface area contributed by atoms with E-state index in [4.69, 9.17) is 14.6 Å². The van der Waals surface area contributed by atoms with Crippen molar-refractivity contribution in [3.8, 4) is 11.5 Å². The van der Waals surface area contributed by atoms with E-state index in [2.05, 4.69) is 0 Å². The van der Waals surface area contributed by atoms with Crippen molar-refractivity contribution >= 4 is 17.3 Å². The Bertz CT molecular complexity index is 1150. The number of amides is 1. The summed E-state index contributed by atoms with van der Waals surface area (Å²) in [6.45, 7) is 0.438. The first-order valence-electron chi connectivity index (χ1n) is 11.6. The lowest BCUT2D eigenvalue weighted by Gasteiger charge is -2.33. The van der Waals surface area contributed by atoms with Crippen LogP contribution in [0, 0.1) is 5.41 Å². The smallest absolute Gasteiger partial charge is 0.259 e. The minimum absolute atomic E-state index is 0.0750. The number of hydrogen-bond donors (Lipinski definition) is 0. The minimum atomic E-state index is -0.584. The number of para-hydroxylation sites is 1. The maximum Gasteiger partial charge on any atom is 0.259 e. The van der Waals surface area contributed by atoms with Gasteiger partial charge in [0.15, 0.2) is 11.5 Å². The molecule has 0 saturated heterocycles. The second kappa shape index (κ2) is 9.10. The molecule has 5 heteroatoms. The summed E-state index contributed by atoms with van der Waals surface area (Å²) in [5.74, 6) is 1.39. The molecule has 0 unspecified atom stereocenters. The average Bonchev–Trinajstić information content (AvgIpc) is 3.15. The van der Waals surface area contributed by atoms with Crippen LogP contribution in [0.1, 0.15) is 43.2 Å². The summed E-state index contributed by atoms with van der Waals surface area (Å²) in [4.78, 5) is 13.7. The summed E-state index contributed by atoms with van der Waals surface area (Å²) in [6.07, 6.45) is 4.85. The highest BCUT2D eigenvalue weighted by Gasteiger charge is 2.52. The first-order valence-corrected chi connectivity index (χ1v) is 11.6. The number of carbonyl (C=O) groups is 1. The van der Waals surface area contributed by atoms with Gasteiger partial charge in [-0.2, -0.15) is 10.1 Å². The van der Waals surface area contributed by atoms with Gasteiger partial charge >= 0.3 is 0 Å². The molecule has 0 bridgehead atoms. The second-order valence-corrected chi connectivity index (χ2v) is 8.68. The number of benzene rings is 3. The van der Waals surface area contributed by atoms with Gasteiger partial charge in [-0.25, -0.2) is 0 Å². The fraction of sp³-hybridized carbons (Fsp3) is 0.286. The lowest BCUT2D eigenvalue weighted by Crippen LogP contribution is -2.41. The normalized spacial score (nSPS) is 17.2. The largest absolute Gasteiger partial charge is 0.493 e. The Hall–Kier alpha value is -3.60. The van der Waals surface area contributed by atoms with E-state index in [1.807, 2.05) is 78.9 Å². The Morgan fingerprint density at radius 2 is 1.58 bits per heavy atom. The highest BCUT2D eigenvalue weighted by molar-refractivity contribution is 6.25. The van der Waals surface area contributed by atoms with Crippen molar-refractivity contribution in [1.29, 1.82) is 0 Å². The molecule has 0 aromatic heterocycles. The molecule has 0 N–H and O–H groups in total. The fourth-order valence-electron chi connectivity index (χ4n) is 4.90. The zero-order valence-electron chi connectivity index (χ0n) is 18.9. The van der Waals surface area contributed by atoms with E-state index in [0.717, 1.165) is 54.6 Å². The number of hydrazone groups is 1. The Labute approximate surface area is 194 Å². The van der Waals surface area contributed by atoms with Gasteiger partial charge in [-0.15, -0.1) is 0 Å². The molecular formula is C28H28N2O3. The van der Waals surface area contributed by atoms with E-state index in [-0.39, 0.29) is 5.91 Å². The Morgan fingerprint density at radius 1 is 0.879 bits per heavy atom. The summed E-state index contributed by atoms with van der Waals surface area (Å²) in [6, 6.07) is 25.6. The molecule has 3 aromatic rings. The van der Waals surface area contributed by atoms with Crippen LogP contribution in [-0.2, 0) is 11.4 Å². The molecule has 33 heavy (non-hydrogen) atoms. The van der Waals surface area contributed by atoms with Gasteiger partial charge < -0.3 is 9.47 Å². The van der Waals surface area contributed by atoms with E-state index < -0.39 is 5.41 Å². The highest BCUT2D eigenvalue weighted by Crippen LogP contribution is 2.46. The summed E-state index contributed by atoms with van der Waals surface area (Å²) in [7, 11) is 1.64. The minimum Gasteiger partial charge on any atom is -0.493 e. The van der Waals surface area contributed by atoms with Gasteiger partial charge in [-0.05, 0) is 48.7 Å². The molecule has 1 fully saturated rings. The van der Waals surface area contributed by atoms with Crippen LogP contribution in [0.25, 0.3) is 0 Å². The predicted molar refractivity (Wildman–Crippen MR) is 130 cm³/mol. The zero-order chi connectivity index (χ0) is 22.7. The number of ether oxygens (including phenoxy) is 2. The molecule has 168 valence electrons. The number of methoxy groups -OCH3 is 1. The Balaban J connectivity index is 1.53. The van der Waals surface area contributed by atoms with Crippen molar-refractivity contribution in [3.05, 3.63) is 90.0 Å². The molecule has 5 nitrogen and oxygen atoms in total. The van der Waals surface area contributed by atoms with Gasteiger partial charge in [-0.1, -0.05) is 67.8 Å². The van der Waals surface area contributed by atoms with E-state index >= 15 is 0 Å². The summed E-state index contributed by atoms with van der Waals surface area (Å²) in [5.41, 5.74) is 3.05. The van der Waals surface area contributed by atoms with Crippen LogP contribution in [0.5, 0.6) is 11.5 Å². The Morgan fingerprint density at radius 3 is 2.27 bits per heavy atom. The third-order valence-corrected chi connectivity index (χ3v) is 6.64. The number of anilines is 1. The molecule has 1 aliphatic carbocycles. The van der Waals surface area contributed by atoms with Crippen LogP contribution in [0.4, 0.5) is 5.69 Å². The third-order valence-electron chi connectivity index (χ3n) is 6.64. The van der Waals surface area contributed by atoms with Gasteiger partial charge in [0.25, 0.3) is 5.91 Å². The average molecular weight is 441 g/mol. The molecule has 0 radical (unpaired) electrons. The van der Waals surface area contributed by atoms with Crippen LogP contribution in [0.3, 0.4) is 0 Å². The number of rotatable bonds is 6. The van der Waals surface area contributed by atoms with Crippen molar-refractivity contribution in [2.45, 2.75) is 38.7 Å². The molecule has 3 aromatic carbocycles. The molecular weight excluding hydrogens is 412 g/mol. The number of hydrogen-bond acceptors (Lipinski definition) is 4. The molecule has 1 saturated carbocycles. The van der Waals surface area contributed by atoms with Gasteiger partial charge in [0.1, 0.15) is 6.61 Å². The molecule has 1 aliphatic heterocycles. The quantitative estimate of drug-likeness (QED) is 0.474. The number of carbonyl (C=O) groups excluding carboxylic acids is 1. The molecule has 2 aliphatic rings. The standard InChI is InChI=1S/C28H28N2O3/c1-32-24-16-15-22(19-25(24)33-20-21-11-5-2-6-12-21)26-28(17-9-4-10-18-28)27(31)30(29-26)23-13-7-3-8-14-23/h2-3,5-8,11-16,19H,4,9-10,17-18,20H2,1H3. The summed E-state index contributed by atoms with van der Waals surface area (Å²) in [5, 5.41) is 6.50. The molecule has 1 heterocycles. The van der Waals surface area contributed by atoms with Gasteiger partial charge in [0.2, 0.25) is 0 Å². The molecule has 1 amide bonds. The molecule has 1 spiro atoms. The highest BCUT2D eigenvalue weighted by atomic mass is 16.5. The van der Waals surface area contributed by atoms with Crippen molar-refractivity contribution < 1.29 is 14.3 Å². The van der Waals surface area contributed by atoms with Crippen LogP contribution in [-0.4, -0.2) is 18.7 Å². The van der Waals surface area contributed by atoms with Crippen molar-refractivity contribution in [1.82, 2.24) is 0 Å². The summed E-state index contributed by atoms with van der Waals surface area (Å²) >= 11 is 0. The van der Waals surface area contributed by atoms with Crippen LogP contribution in [0.2, 0.25) is 0 Å². The molecule has 0 atom stereocenters. The SMILES string of the molecule is COc1ccc(C2=NN(c3ccccc3)C(=O)C23CCCCC3)cc1OCc1ccccc1. The van der Waals surface area contributed by atoms with Crippen LogP contribution in [0.15, 0.2) is 84.0 Å². The van der Waals surface area contributed by atoms with E-state index in [1.165, 1.54) is 0 Å². The third kappa shape index (κ3) is 3.99. The number of nitrogens with zero attached hydrogens (tertiary/aromatic N) is 2. The van der Waals surface area contributed by atoms with Gasteiger partial charge in [-0.3, -0.25) is 4.79 Å². The van der Waals surface area contributed by atoms with Gasteiger partial charge in [0, 0.05) is 5.56 Å². The maximum atomic E-state index is 13.7. The van der Waals surface area contributed by atoms with Crippen LogP contribution >= 0.6 is 0 Å². The van der Waals surface area contributed by atoms with E-state index in [0.29, 0.717) is 18.1 Å². The fourth-order valence-corrected chi connectivity index (χ4v) is 4.90. The first kappa shape index (κ1) is 21.3. The maximum absolute atomic E-state index is 13.7. The molecule has 5 rings (SSSR count).